The topological polar surface area (TPSA) is 40.5 Å². The first-order valence-corrected chi connectivity index (χ1v) is 4.87. The molecule has 0 heterocycles. The van der Waals surface area contributed by atoms with Crippen molar-refractivity contribution in [2.45, 2.75) is 6.92 Å². The molecule has 0 amide bonds. The van der Waals surface area contributed by atoms with E-state index in [1.807, 2.05) is 54.3 Å². The van der Waals surface area contributed by atoms with Gasteiger partial charge in [0.05, 0.1) is 0 Å². The van der Waals surface area contributed by atoms with Crippen molar-refractivity contribution in [1.82, 2.24) is 0 Å². The SMILES string of the molecule is C/C=C/CN(CC(=O)O)c1ccccc1. The molecular formula is C12H15NO2. The van der Waals surface area contributed by atoms with E-state index in [1.165, 1.54) is 0 Å². The first-order valence-electron chi connectivity index (χ1n) is 4.87. The summed E-state index contributed by atoms with van der Waals surface area (Å²) in [5.74, 6) is -0.816. The predicted octanol–water partition coefficient (Wildman–Crippen LogP) is 2.15. The zero-order valence-electron chi connectivity index (χ0n) is 8.76. The Morgan fingerprint density at radius 3 is 2.60 bits per heavy atom. The van der Waals surface area contributed by atoms with Crippen molar-refractivity contribution in [3.05, 3.63) is 42.5 Å². The van der Waals surface area contributed by atoms with E-state index in [0.29, 0.717) is 6.54 Å². The maximum absolute atomic E-state index is 10.7. The number of benzene rings is 1. The van der Waals surface area contributed by atoms with Gasteiger partial charge in [-0.2, -0.15) is 0 Å². The van der Waals surface area contributed by atoms with Gasteiger partial charge in [0, 0.05) is 12.2 Å². The molecule has 0 unspecified atom stereocenters. The number of hydrogen-bond donors (Lipinski definition) is 1. The molecule has 15 heavy (non-hydrogen) atoms. The highest BCUT2D eigenvalue weighted by Gasteiger charge is 2.07. The lowest BCUT2D eigenvalue weighted by atomic mass is 10.3. The number of allylic oxidation sites excluding steroid dienone is 1. The molecule has 1 rings (SSSR count). The van der Waals surface area contributed by atoms with Crippen LogP contribution in [-0.4, -0.2) is 24.2 Å². The molecule has 0 fully saturated rings. The number of aliphatic carboxylic acids is 1. The molecule has 1 N–H and O–H groups in total. The van der Waals surface area contributed by atoms with E-state index in [-0.39, 0.29) is 6.54 Å². The van der Waals surface area contributed by atoms with E-state index in [4.69, 9.17) is 5.11 Å². The van der Waals surface area contributed by atoms with Crippen LogP contribution >= 0.6 is 0 Å². The summed E-state index contributed by atoms with van der Waals surface area (Å²) in [7, 11) is 0. The minimum absolute atomic E-state index is 0.0222. The number of anilines is 1. The molecule has 1 aromatic rings. The lowest BCUT2D eigenvalue weighted by Crippen LogP contribution is -2.29. The second kappa shape index (κ2) is 5.86. The van der Waals surface area contributed by atoms with Crippen molar-refractivity contribution in [2.75, 3.05) is 18.0 Å². The molecule has 3 nitrogen and oxygen atoms in total. The Kier molecular flexibility index (Phi) is 4.41. The lowest BCUT2D eigenvalue weighted by molar-refractivity contribution is -0.135. The molecule has 0 spiro atoms. The number of carboxylic acid groups (broad SMARTS) is 1. The van der Waals surface area contributed by atoms with Gasteiger partial charge in [0.15, 0.2) is 0 Å². The molecule has 80 valence electrons. The highest BCUT2D eigenvalue weighted by molar-refractivity contribution is 5.73. The van der Waals surface area contributed by atoms with Crippen LogP contribution in [0.2, 0.25) is 0 Å². The summed E-state index contributed by atoms with van der Waals surface area (Å²) in [6.07, 6.45) is 3.85. The number of carboxylic acids is 1. The minimum Gasteiger partial charge on any atom is -0.480 e. The Morgan fingerprint density at radius 1 is 1.40 bits per heavy atom. The van der Waals surface area contributed by atoms with E-state index in [1.54, 1.807) is 0 Å². The number of rotatable bonds is 5. The van der Waals surface area contributed by atoms with Gasteiger partial charge in [0.25, 0.3) is 0 Å². The smallest absolute Gasteiger partial charge is 0.323 e. The van der Waals surface area contributed by atoms with Crippen LogP contribution in [0.5, 0.6) is 0 Å². The van der Waals surface area contributed by atoms with E-state index in [2.05, 4.69) is 0 Å². The zero-order chi connectivity index (χ0) is 11.1. The summed E-state index contributed by atoms with van der Waals surface area (Å²) in [6, 6.07) is 9.54. The molecule has 0 atom stereocenters. The van der Waals surface area contributed by atoms with E-state index in [9.17, 15) is 4.79 Å². The van der Waals surface area contributed by atoms with Crippen LogP contribution in [0.25, 0.3) is 0 Å². The highest BCUT2D eigenvalue weighted by atomic mass is 16.4. The van der Waals surface area contributed by atoms with Crippen LogP contribution < -0.4 is 4.90 Å². The third kappa shape index (κ3) is 3.85. The first-order chi connectivity index (χ1) is 7.24. The van der Waals surface area contributed by atoms with Gasteiger partial charge in [0.2, 0.25) is 0 Å². The first kappa shape index (κ1) is 11.3. The third-order valence-electron chi connectivity index (χ3n) is 2.01. The molecule has 0 aliphatic heterocycles. The van der Waals surface area contributed by atoms with E-state index < -0.39 is 5.97 Å². The zero-order valence-corrected chi connectivity index (χ0v) is 8.76. The van der Waals surface area contributed by atoms with Crippen LogP contribution in [-0.2, 0) is 4.79 Å². The average molecular weight is 205 g/mol. The summed E-state index contributed by atoms with van der Waals surface area (Å²) in [6.45, 7) is 2.56. The average Bonchev–Trinajstić information content (AvgIpc) is 2.25. The summed E-state index contributed by atoms with van der Waals surface area (Å²) in [5.41, 5.74) is 0.929. The molecule has 0 aliphatic carbocycles. The summed E-state index contributed by atoms with van der Waals surface area (Å²) in [4.78, 5) is 12.5. The molecule has 0 bridgehead atoms. The molecule has 0 aliphatic rings. The van der Waals surface area contributed by atoms with Crippen molar-refractivity contribution in [3.63, 3.8) is 0 Å². The fourth-order valence-corrected chi connectivity index (χ4v) is 1.30. The quantitative estimate of drug-likeness (QED) is 0.749. The Morgan fingerprint density at radius 2 is 2.07 bits per heavy atom. The van der Waals surface area contributed by atoms with Gasteiger partial charge in [-0.1, -0.05) is 30.4 Å². The molecular weight excluding hydrogens is 190 g/mol. The Labute approximate surface area is 89.6 Å². The maximum atomic E-state index is 10.7. The monoisotopic (exact) mass is 205 g/mol. The Balaban J connectivity index is 2.76. The van der Waals surface area contributed by atoms with Gasteiger partial charge >= 0.3 is 5.97 Å². The van der Waals surface area contributed by atoms with Gasteiger partial charge in [0.1, 0.15) is 6.54 Å². The molecule has 1 aromatic carbocycles. The molecule has 0 aromatic heterocycles. The number of para-hydroxylation sites is 1. The second-order valence-corrected chi connectivity index (χ2v) is 3.18. The van der Waals surface area contributed by atoms with E-state index in [0.717, 1.165) is 5.69 Å². The summed E-state index contributed by atoms with van der Waals surface area (Å²) >= 11 is 0. The molecule has 3 heteroatoms. The standard InChI is InChI=1S/C12H15NO2/c1-2-3-9-13(10-12(14)15)11-7-5-4-6-8-11/h2-8H,9-10H2,1H3,(H,14,15)/b3-2+. The number of carbonyl (C=O) groups is 1. The second-order valence-electron chi connectivity index (χ2n) is 3.18. The van der Waals surface area contributed by atoms with Gasteiger partial charge in [-0.25, -0.2) is 0 Å². The van der Waals surface area contributed by atoms with Crippen LogP contribution in [0.3, 0.4) is 0 Å². The summed E-state index contributed by atoms with van der Waals surface area (Å²) < 4.78 is 0. The van der Waals surface area contributed by atoms with Crippen LogP contribution in [0.1, 0.15) is 6.92 Å². The van der Waals surface area contributed by atoms with Gasteiger partial charge in [-0.3, -0.25) is 4.79 Å². The predicted molar refractivity (Wildman–Crippen MR) is 61.1 cm³/mol. The number of hydrogen-bond acceptors (Lipinski definition) is 2. The molecule has 0 saturated carbocycles. The largest absolute Gasteiger partial charge is 0.480 e. The van der Waals surface area contributed by atoms with Crippen molar-refractivity contribution in [1.29, 1.82) is 0 Å². The van der Waals surface area contributed by atoms with Gasteiger partial charge in [-0.15, -0.1) is 0 Å². The van der Waals surface area contributed by atoms with Crippen molar-refractivity contribution in [2.24, 2.45) is 0 Å². The van der Waals surface area contributed by atoms with Crippen LogP contribution in [0.4, 0.5) is 5.69 Å². The Hall–Kier alpha value is -1.77. The van der Waals surface area contributed by atoms with Crippen molar-refractivity contribution < 1.29 is 9.90 Å². The van der Waals surface area contributed by atoms with Crippen molar-refractivity contribution in [3.8, 4) is 0 Å². The Bertz CT molecular complexity index is 333. The summed E-state index contributed by atoms with van der Waals surface area (Å²) in [5, 5.41) is 8.78. The normalized spacial score (nSPS) is 10.5. The number of nitrogens with zero attached hydrogens (tertiary/aromatic N) is 1. The third-order valence-corrected chi connectivity index (χ3v) is 2.01. The van der Waals surface area contributed by atoms with Gasteiger partial charge < -0.3 is 10.0 Å². The molecule has 0 radical (unpaired) electrons. The fourth-order valence-electron chi connectivity index (χ4n) is 1.30. The lowest BCUT2D eigenvalue weighted by Gasteiger charge is -2.20. The highest BCUT2D eigenvalue weighted by Crippen LogP contribution is 2.12. The fraction of sp³-hybridized carbons (Fsp3) is 0.250. The van der Waals surface area contributed by atoms with E-state index >= 15 is 0 Å². The maximum Gasteiger partial charge on any atom is 0.323 e. The minimum atomic E-state index is -0.816. The van der Waals surface area contributed by atoms with Crippen LogP contribution in [0, 0.1) is 0 Å². The van der Waals surface area contributed by atoms with Gasteiger partial charge in [-0.05, 0) is 19.1 Å². The van der Waals surface area contributed by atoms with Crippen LogP contribution in [0.15, 0.2) is 42.5 Å². The molecule has 0 saturated heterocycles. The van der Waals surface area contributed by atoms with Crippen molar-refractivity contribution >= 4 is 11.7 Å².